The van der Waals surface area contributed by atoms with Crippen LogP contribution in [0.4, 0.5) is 13.2 Å². The van der Waals surface area contributed by atoms with Crippen LogP contribution in [0, 0.1) is 0 Å². The number of nitrogens with zero attached hydrogens (tertiary/aromatic N) is 2. The number of hydrogen-bond acceptors (Lipinski definition) is 4. The van der Waals surface area contributed by atoms with E-state index in [0.717, 1.165) is 12.1 Å². The van der Waals surface area contributed by atoms with Gasteiger partial charge >= 0.3 is 12.1 Å². The summed E-state index contributed by atoms with van der Waals surface area (Å²) < 4.78 is 66.1. The Labute approximate surface area is 195 Å². The largest absolute Gasteiger partial charge is 0.481 e. The first-order valence-electron chi connectivity index (χ1n) is 10.6. The van der Waals surface area contributed by atoms with E-state index in [1.807, 2.05) is 0 Å². The smallest absolute Gasteiger partial charge is 0.416 e. The van der Waals surface area contributed by atoms with Crippen LogP contribution in [0.1, 0.15) is 30.5 Å². The standard InChI is InChI=1S/C23H25F3N2O5S/c1-15-13-27(21(29)11-17-6-8-19(9-7-17)23(24,25)26)14-16(2)28(15)34(32,33)20-5-3-4-18(10-20)12-22(30)31/h3-10,15-16H,11-14H2,1-2H3,(H,30,31)/t15-,16?/m0/s1. The summed E-state index contributed by atoms with van der Waals surface area (Å²) in [6.07, 6.45) is -4.86. The molecule has 0 aliphatic carbocycles. The molecule has 2 aromatic carbocycles. The summed E-state index contributed by atoms with van der Waals surface area (Å²) in [5.41, 5.74) is 0.0000256. The van der Waals surface area contributed by atoms with Crippen molar-refractivity contribution in [2.24, 2.45) is 0 Å². The van der Waals surface area contributed by atoms with Crippen molar-refractivity contribution < 1.29 is 36.3 Å². The average molecular weight is 499 g/mol. The molecule has 0 spiro atoms. The lowest BCUT2D eigenvalue weighted by Crippen LogP contribution is -2.59. The van der Waals surface area contributed by atoms with Crippen LogP contribution in [-0.4, -0.2) is 59.8 Å². The second kappa shape index (κ2) is 9.75. The molecule has 2 aromatic rings. The SMILES string of the molecule is CC1CN(C(=O)Cc2ccc(C(F)(F)F)cc2)C[C@H](C)N1S(=O)(=O)c1cccc(CC(=O)O)c1. The average Bonchev–Trinajstić information content (AvgIpc) is 2.72. The van der Waals surface area contributed by atoms with E-state index < -0.39 is 39.8 Å². The van der Waals surface area contributed by atoms with E-state index in [9.17, 15) is 31.2 Å². The lowest BCUT2D eigenvalue weighted by Gasteiger charge is -2.43. The summed E-state index contributed by atoms with van der Waals surface area (Å²) in [6.45, 7) is 3.59. The zero-order valence-corrected chi connectivity index (χ0v) is 19.4. The van der Waals surface area contributed by atoms with Gasteiger partial charge in [0.05, 0.1) is 23.3 Å². The number of sulfonamides is 1. The molecule has 0 aromatic heterocycles. The van der Waals surface area contributed by atoms with E-state index in [0.29, 0.717) is 11.1 Å². The number of carbonyl (C=O) groups is 2. The first-order chi connectivity index (χ1) is 15.8. The van der Waals surface area contributed by atoms with Gasteiger partial charge in [-0.05, 0) is 49.2 Å². The van der Waals surface area contributed by atoms with Crippen LogP contribution in [0.3, 0.4) is 0 Å². The Morgan fingerprint density at radius 2 is 1.56 bits per heavy atom. The molecule has 2 atom stereocenters. The van der Waals surface area contributed by atoms with Crippen molar-refractivity contribution in [3.05, 3.63) is 65.2 Å². The van der Waals surface area contributed by atoms with Crippen LogP contribution >= 0.6 is 0 Å². The first kappa shape index (κ1) is 25.7. The quantitative estimate of drug-likeness (QED) is 0.660. The summed E-state index contributed by atoms with van der Waals surface area (Å²) in [5, 5.41) is 8.98. The van der Waals surface area contributed by atoms with Gasteiger partial charge in [-0.3, -0.25) is 9.59 Å². The maximum atomic E-state index is 13.3. The lowest BCUT2D eigenvalue weighted by atomic mass is 10.1. The third-order valence-corrected chi connectivity index (χ3v) is 7.78. The third-order valence-electron chi connectivity index (χ3n) is 5.66. The molecule has 1 aliphatic heterocycles. The maximum Gasteiger partial charge on any atom is 0.416 e. The molecule has 11 heteroatoms. The number of aliphatic carboxylic acids is 1. The van der Waals surface area contributed by atoms with Crippen LogP contribution < -0.4 is 0 Å². The second-order valence-corrected chi connectivity index (χ2v) is 10.3. The van der Waals surface area contributed by atoms with Crippen LogP contribution in [0.25, 0.3) is 0 Å². The normalized spacial score (nSPS) is 19.7. The molecule has 1 N–H and O–H groups in total. The Morgan fingerprint density at radius 3 is 2.09 bits per heavy atom. The summed E-state index contributed by atoms with van der Waals surface area (Å²) in [6, 6.07) is 9.03. The van der Waals surface area contributed by atoms with Crippen molar-refractivity contribution >= 4 is 21.9 Å². The van der Waals surface area contributed by atoms with Gasteiger partial charge < -0.3 is 10.0 Å². The molecule has 184 valence electrons. The summed E-state index contributed by atoms with van der Waals surface area (Å²) in [4.78, 5) is 25.3. The van der Waals surface area contributed by atoms with E-state index in [4.69, 9.17) is 5.11 Å². The van der Waals surface area contributed by atoms with Gasteiger partial charge in [-0.25, -0.2) is 8.42 Å². The van der Waals surface area contributed by atoms with Gasteiger partial charge in [0.15, 0.2) is 0 Å². The molecule has 1 fully saturated rings. The number of carboxylic acids is 1. The zero-order chi connectivity index (χ0) is 25.3. The molecule has 3 rings (SSSR count). The van der Waals surface area contributed by atoms with Crippen molar-refractivity contribution in [2.75, 3.05) is 13.1 Å². The highest BCUT2D eigenvalue weighted by Crippen LogP contribution is 2.30. The zero-order valence-electron chi connectivity index (χ0n) is 18.6. The molecular formula is C23H25F3N2O5S. The fourth-order valence-electron chi connectivity index (χ4n) is 4.20. The predicted molar refractivity (Wildman–Crippen MR) is 117 cm³/mol. The number of piperazine rings is 1. The Morgan fingerprint density at radius 1 is 0.971 bits per heavy atom. The number of carbonyl (C=O) groups excluding carboxylic acids is 1. The topological polar surface area (TPSA) is 95.0 Å². The van der Waals surface area contributed by atoms with Crippen molar-refractivity contribution in [3.8, 4) is 0 Å². The minimum atomic E-state index is -4.46. The third kappa shape index (κ3) is 5.76. The summed E-state index contributed by atoms with van der Waals surface area (Å²) >= 11 is 0. The molecule has 34 heavy (non-hydrogen) atoms. The molecular weight excluding hydrogens is 473 g/mol. The molecule has 0 bridgehead atoms. The molecule has 0 saturated carbocycles. The van der Waals surface area contributed by atoms with Crippen LogP contribution in [0.15, 0.2) is 53.4 Å². The van der Waals surface area contributed by atoms with Crippen molar-refractivity contribution in [3.63, 3.8) is 0 Å². The van der Waals surface area contributed by atoms with Gasteiger partial charge in [-0.2, -0.15) is 17.5 Å². The number of carboxylic acid groups (broad SMARTS) is 1. The van der Waals surface area contributed by atoms with E-state index in [2.05, 4.69) is 0 Å². The van der Waals surface area contributed by atoms with E-state index >= 15 is 0 Å². The van der Waals surface area contributed by atoms with Gasteiger partial charge in [-0.1, -0.05) is 24.3 Å². The number of alkyl halides is 3. The Hall–Kier alpha value is -2.92. The lowest BCUT2D eigenvalue weighted by molar-refractivity contribution is -0.138. The highest BCUT2D eigenvalue weighted by atomic mass is 32.2. The molecule has 1 saturated heterocycles. The number of hydrogen-bond donors (Lipinski definition) is 1. The fourth-order valence-corrected chi connectivity index (χ4v) is 6.07. The molecule has 1 heterocycles. The molecule has 1 unspecified atom stereocenters. The molecule has 1 aliphatic rings. The Bertz CT molecular complexity index is 1150. The highest BCUT2D eigenvalue weighted by molar-refractivity contribution is 7.89. The summed E-state index contributed by atoms with van der Waals surface area (Å²) in [5.74, 6) is -1.38. The number of amides is 1. The Kier molecular flexibility index (Phi) is 7.37. The van der Waals surface area contributed by atoms with Gasteiger partial charge in [0.25, 0.3) is 0 Å². The fraction of sp³-hybridized carbons (Fsp3) is 0.391. The van der Waals surface area contributed by atoms with E-state index in [-0.39, 0.29) is 36.7 Å². The first-order valence-corrected chi connectivity index (χ1v) is 12.0. The maximum absolute atomic E-state index is 13.3. The molecule has 0 radical (unpaired) electrons. The minimum absolute atomic E-state index is 0.0190. The van der Waals surface area contributed by atoms with Gasteiger partial charge in [-0.15, -0.1) is 0 Å². The van der Waals surface area contributed by atoms with Crippen molar-refractivity contribution in [1.29, 1.82) is 0 Å². The number of rotatable bonds is 6. The van der Waals surface area contributed by atoms with Crippen molar-refractivity contribution in [2.45, 2.75) is 49.8 Å². The van der Waals surface area contributed by atoms with E-state index in [1.54, 1.807) is 13.8 Å². The predicted octanol–water partition coefficient (Wildman–Crippen LogP) is 3.19. The van der Waals surface area contributed by atoms with Crippen molar-refractivity contribution in [1.82, 2.24) is 9.21 Å². The van der Waals surface area contributed by atoms with Gasteiger partial charge in [0.2, 0.25) is 15.9 Å². The van der Waals surface area contributed by atoms with Crippen LogP contribution in [0.2, 0.25) is 0 Å². The molecule has 1 amide bonds. The van der Waals surface area contributed by atoms with Gasteiger partial charge in [0, 0.05) is 25.2 Å². The monoisotopic (exact) mass is 498 g/mol. The summed E-state index contributed by atoms with van der Waals surface area (Å²) in [7, 11) is -3.95. The van der Waals surface area contributed by atoms with E-state index in [1.165, 1.54) is 45.6 Å². The molecule has 7 nitrogen and oxygen atoms in total. The number of benzene rings is 2. The minimum Gasteiger partial charge on any atom is -0.481 e. The Balaban J connectivity index is 1.72. The second-order valence-electron chi connectivity index (χ2n) is 8.42. The number of halogens is 3. The van der Waals surface area contributed by atoms with Crippen LogP contribution in [-0.2, 0) is 38.6 Å². The van der Waals surface area contributed by atoms with Crippen LogP contribution in [0.5, 0.6) is 0 Å². The van der Waals surface area contributed by atoms with Gasteiger partial charge in [0.1, 0.15) is 0 Å². The highest BCUT2D eigenvalue weighted by Gasteiger charge is 2.39.